The molecule has 0 atom stereocenters. The summed E-state index contributed by atoms with van der Waals surface area (Å²) in [6.45, 7) is 0. The predicted molar refractivity (Wildman–Crippen MR) is 212 cm³/mol. The van der Waals surface area contributed by atoms with Crippen LogP contribution in [0.15, 0.2) is 197 Å². The molecule has 8 aromatic carbocycles. The number of hydrogen-bond donors (Lipinski definition) is 0. The molecule has 0 amide bonds. The lowest BCUT2D eigenvalue weighted by Crippen LogP contribution is -2.10. The molecule has 0 fully saturated rings. The summed E-state index contributed by atoms with van der Waals surface area (Å²) in [7, 11) is 0. The van der Waals surface area contributed by atoms with Crippen LogP contribution in [0.4, 0.5) is 17.1 Å². The van der Waals surface area contributed by atoms with Gasteiger partial charge in [-0.25, -0.2) is 0 Å². The van der Waals surface area contributed by atoms with Gasteiger partial charge in [0.2, 0.25) is 0 Å². The molecule has 0 aliphatic carbocycles. The molecule has 0 unspecified atom stereocenters. The molecule has 0 saturated carbocycles. The van der Waals surface area contributed by atoms with Gasteiger partial charge in [-0.1, -0.05) is 121 Å². The molecule has 0 bridgehead atoms. The minimum absolute atomic E-state index is 0.865. The Kier molecular flexibility index (Phi) is 6.81. The van der Waals surface area contributed by atoms with Gasteiger partial charge in [0.05, 0.1) is 11.1 Å². The van der Waals surface area contributed by atoms with Gasteiger partial charge in [0.15, 0.2) is 0 Å². The molecular weight excluding hydrogens is 623 g/mol. The molecule has 2 heterocycles. The zero-order chi connectivity index (χ0) is 33.7. The van der Waals surface area contributed by atoms with E-state index in [9.17, 15) is 0 Å². The Balaban J connectivity index is 1.07. The smallest absolute Gasteiger partial charge is 0.137 e. The SMILES string of the molecule is c1ccc(-c2cccc(-c3ccc(N(c4ccc(-c5ccc6c(c5)oc5ccccc56)cc4)c4cccc5oc6ccccc6c45)cc3)c2)cc1. The number of anilines is 3. The minimum Gasteiger partial charge on any atom is -0.456 e. The van der Waals surface area contributed by atoms with E-state index in [1.54, 1.807) is 0 Å². The van der Waals surface area contributed by atoms with Crippen LogP contribution in [0.2, 0.25) is 0 Å². The molecule has 0 aliphatic rings. The van der Waals surface area contributed by atoms with Crippen molar-refractivity contribution in [2.24, 2.45) is 0 Å². The van der Waals surface area contributed by atoms with E-state index in [1.165, 1.54) is 22.3 Å². The molecule has 3 heteroatoms. The Bertz CT molecular complexity index is 2840. The van der Waals surface area contributed by atoms with Gasteiger partial charge in [0.25, 0.3) is 0 Å². The van der Waals surface area contributed by atoms with Crippen molar-refractivity contribution in [3.8, 4) is 33.4 Å². The van der Waals surface area contributed by atoms with Crippen LogP contribution >= 0.6 is 0 Å². The largest absolute Gasteiger partial charge is 0.456 e. The number of para-hydroxylation sites is 2. The fourth-order valence-electron chi connectivity index (χ4n) is 7.39. The summed E-state index contributed by atoms with van der Waals surface area (Å²) in [5.74, 6) is 0. The second kappa shape index (κ2) is 11.9. The van der Waals surface area contributed by atoms with Crippen LogP contribution in [-0.4, -0.2) is 0 Å². The van der Waals surface area contributed by atoms with E-state index in [0.29, 0.717) is 0 Å². The van der Waals surface area contributed by atoms with Crippen molar-refractivity contribution in [3.63, 3.8) is 0 Å². The Labute approximate surface area is 295 Å². The molecule has 3 nitrogen and oxygen atoms in total. The van der Waals surface area contributed by atoms with E-state index in [0.717, 1.165) is 72.1 Å². The van der Waals surface area contributed by atoms with E-state index < -0.39 is 0 Å². The third kappa shape index (κ3) is 5.06. The Morgan fingerprint density at radius 3 is 1.47 bits per heavy atom. The zero-order valence-electron chi connectivity index (χ0n) is 27.7. The van der Waals surface area contributed by atoms with Crippen molar-refractivity contribution in [1.29, 1.82) is 0 Å². The van der Waals surface area contributed by atoms with Crippen molar-refractivity contribution in [1.82, 2.24) is 0 Å². The van der Waals surface area contributed by atoms with Gasteiger partial charge in [-0.05, 0) is 100 Å². The second-order valence-electron chi connectivity index (χ2n) is 12.9. The highest BCUT2D eigenvalue weighted by atomic mass is 16.3. The van der Waals surface area contributed by atoms with Crippen molar-refractivity contribution < 1.29 is 8.83 Å². The summed E-state index contributed by atoms with van der Waals surface area (Å²) in [5.41, 5.74) is 13.7. The fourth-order valence-corrected chi connectivity index (χ4v) is 7.39. The Morgan fingerprint density at radius 1 is 0.294 bits per heavy atom. The maximum Gasteiger partial charge on any atom is 0.137 e. The first-order valence-electron chi connectivity index (χ1n) is 17.2. The first-order valence-corrected chi connectivity index (χ1v) is 17.2. The predicted octanol–water partition coefficient (Wildman–Crippen LogP) is 14.0. The lowest BCUT2D eigenvalue weighted by Gasteiger charge is -2.26. The van der Waals surface area contributed by atoms with Crippen molar-refractivity contribution >= 4 is 60.9 Å². The summed E-state index contributed by atoms with van der Waals surface area (Å²) < 4.78 is 12.6. The lowest BCUT2D eigenvalue weighted by molar-refractivity contribution is 0.668. The Hall–Kier alpha value is -6.84. The molecular formula is C48H31NO2. The second-order valence-corrected chi connectivity index (χ2v) is 12.9. The highest BCUT2D eigenvalue weighted by Gasteiger charge is 2.20. The van der Waals surface area contributed by atoms with Crippen LogP contribution in [0.25, 0.3) is 77.3 Å². The van der Waals surface area contributed by atoms with E-state index in [-0.39, 0.29) is 0 Å². The minimum atomic E-state index is 0.865. The standard InChI is InChI=1S/C48H31NO2/c1-2-10-32(11-3-1)35-12-8-13-36(30-35)33-20-25-38(26-21-33)49(43-16-9-19-46-48(43)42-15-5-7-18-45(42)50-46)39-27-22-34(23-28-39)37-24-29-41-40-14-4-6-17-44(40)51-47(41)31-37/h1-31H. The molecule has 240 valence electrons. The molecule has 0 aliphatic heterocycles. The van der Waals surface area contributed by atoms with Crippen LogP contribution < -0.4 is 4.90 Å². The Morgan fingerprint density at radius 2 is 0.765 bits per heavy atom. The molecule has 10 aromatic rings. The van der Waals surface area contributed by atoms with Crippen LogP contribution in [-0.2, 0) is 0 Å². The van der Waals surface area contributed by atoms with Gasteiger partial charge in [0, 0.05) is 27.5 Å². The van der Waals surface area contributed by atoms with Crippen molar-refractivity contribution in [2.75, 3.05) is 4.90 Å². The number of nitrogens with zero attached hydrogens (tertiary/aromatic N) is 1. The van der Waals surface area contributed by atoms with Gasteiger partial charge in [-0.2, -0.15) is 0 Å². The summed E-state index contributed by atoms with van der Waals surface area (Å²) in [6, 6.07) is 66.3. The maximum absolute atomic E-state index is 6.34. The number of hydrogen-bond acceptors (Lipinski definition) is 3. The van der Waals surface area contributed by atoms with Gasteiger partial charge >= 0.3 is 0 Å². The third-order valence-corrected chi connectivity index (χ3v) is 9.89. The zero-order valence-corrected chi connectivity index (χ0v) is 27.7. The monoisotopic (exact) mass is 653 g/mol. The molecule has 0 spiro atoms. The van der Waals surface area contributed by atoms with Crippen molar-refractivity contribution in [3.05, 3.63) is 188 Å². The lowest BCUT2D eigenvalue weighted by atomic mass is 9.98. The summed E-state index contributed by atoms with van der Waals surface area (Å²) in [4.78, 5) is 2.33. The first-order chi connectivity index (χ1) is 25.3. The van der Waals surface area contributed by atoms with Gasteiger partial charge < -0.3 is 13.7 Å². The number of benzene rings is 8. The molecule has 0 radical (unpaired) electrons. The van der Waals surface area contributed by atoms with Crippen LogP contribution in [0.1, 0.15) is 0 Å². The van der Waals surface area contributed by atoms with Crippen LogP contribution in [0.3, 0.4) is 0 Å². The molecule has 51 heavy (non-hydrogen) atoms. The topological polar surface area (TPSA) is 29.5 Å². The molecule has 2 aromatic heterocycles. The van der Waals surface area contributed by atoms with Gasteiger partial charge in [0.1, 0.15) is 22.3 Å². The quantitative estimate of drug-likeness (QED) is 0.179. The number of fused-ring (bicyclic) bond motifs is 6. The van der Waals surface area contributed by atoms with Gasteiger partial charge in [-0.15, -0.1) is 0 Å². The number of furan rings is 2. The summed E-state index contributed by atoms with van der Waals surface area (Å²) >= 11 is 0. The highest BCUT2D eigenvalue weighted by Crippen LogP contribution is 2.44. The third-order valence-electron chi connectivity index (χ3n) is 9.89. The molecule has 0 saturated heterocycles. The average Bonchev–Trinajstić information content (AvgIpc) is 3.77. The normalized spacial score (nSPS) is 11.5. The highest BCUT2D eigenvalue weighted by molar-refractivity contribution is 6.13. The van der Waals surface area contributed by atoms with Gasteiger partial charge in [-0.3, -0.25) is 0 Å². The molecule has 0 N–H and O–H groups in total. The average molecular weight is 654 g/mol. The molecule has 10 rings (SSSR count). The maximum atomic E-state index is 6.34. The van der Waals surface area contributed by atoms with E-state index in [4.69, 9.17) is 8.83 Å². The van der Waals surface area contributed by atoms with Crippen molar-refractivity contribution in [2.45, 2.75) is 0 Å². The van der Waals surface area contributed by atoms with Crippen LogP contribution in [0.5, 0.6) is 0 Å². The summed E-state index contributed by atoms with van der Waals surface area (Å²) in [5, 5.41) is 4.46. The fraction of sp³-hybridized carbons (Fsp3) is 0. The van der Waals surface area contributed by atoms with E-state index >= 15 is 0 Å². The van der Waals surface area contributed by atoms with E-state index in [1.807, 2.05) is 24.3 Å². The van der Waals surface area contributed by atoms with Crippen LogP contribution in [0, 0.1) is 0 Å². The first kappa shape index (κ1) is 29.1. The van der Waals surface area contributed by atoms with E-state index in [2.05, 4.69) is 169 Å². The number of rotatable bonds is 6. The summed E-state index contributed by atoms with van der Waals surface area (Å²) in [6.07, 6.45) is 0.